The first-order valence-corrected chi connectivity index (χ1v) is 1.91. The Bertz CT molecular complexity index is 54.6. The van der Waals surface area contributed by atoms with Gasteiger partial charge in [-0.05, 0) is 0 Å². The summed E-state index contributed by atoms with van der Waals surface area (Å²) in [6, 6.07) is 0. The molecular weight excluding hydrogens is 78.0 g/mol. The van der Waals surface area contributed by atoms with Crippen LogP contribution >= 0.6 is 0 Å². The highest BCUT2D eigenvalue weighted by molar-refractivity contribution is 5.72. The Kier molecular flexibility index (Phi) is 2.46. The van der Waals surface area contributed by atoms with Gasteiger partial charge in [-0.1, -0.05) is 5.48 Å². The SMILES string of the molecule is CN[O+]=C(C)C. The van der Waals surface area contributed by atoms with Crippen molar-refractivity contribution in [2.45, 2.75) is 13.8 Å². The molecule has 0 saturated carbocycles. The van der Waals surface area contributed by atoms with Gasteiger partial charge in [0.1, 0.15) is 0 Å². The number of hydroxylamine groups is 1. The Hall–Kier alpha value is -0.530. The number of ketones is 1. The summed E-state index contributed by atoms with van der Waals surface area (Å²) in [6.07, 6.45) is 0. The van der Waals surface area contributed by atoms with E-state index in [1.165, 1.54) is 0 Å². The summed E-state index contributed by atoms with van der Waals surface area (Å²) in [7, 11) is 1.73. The van der Waals surface area contributed by atoms with Crippen LogP contribution < -0.4 is 5.48 Å². The molecule has 0 unspecified atom stereocenters. The van der Waals surface area contributed by atoms with Gasteiger partial charge in [0.15, 0.2) is 0 Å². The van der Waals surface area contributed by atoms with Gasteiger partial charge in [-0.25, -0.2) is 0 Å². The van der Waals surface area contributed by atoms with Crippen LogP contribution in [0.25, 0.3) is 0 Å². The minimum atomic E-state index is 0.928. The van der Waals surface area contributed by atoms with Gasteiger partial charge in [0.05, 0.1) is 20.9 Å². The van der Waals surface area contributed by atoms with Crippen molar-refractivity contribution in [1.82, 2.24) is 5.48 Å². The molecule has 2 nitrogen and oxygen atoms in total. The van der Waals surface area contributed by atoms with Gasteiger partial charge in [-0.2, -0.15) is 0 Å². The fraction of sp³-hybridized carbons (Fsp3) is 0.750. The average molecular weight is 88.1 g/mol. The third-order valence-electron chi connectivity index (χ3n) is 0.306. The summed E-state index contributed by atoms with van der Waals surface area (Å²) >= 11 is 0. The quantitative estimate of drug-likeness (QED) is 0.361. The molecule has 2 heteroatoms. The van der Waals surface area contributed by atoms with E-state index in [2.05, 4.69) is 5.48 Å². The number of hydrogen-bond donors (Lipinski definition) is 1. The molecule has 0 aromatic rings. The van der Waals surface area contributed by atoms with Crippen LogP contribution in [0.5, 0.6) is 0 Å². The van der Waals surface area contributed by atoms with Gasteiger partial charge in [0.25, 0.3) is 0 Å². The van der Waals surface area contributed by atoms with Crippen LogP contribution in [-0.4, -0.2) is 12.8 Å². The van der Waals surface area contributed by atoms with Crippen LogP contribution in [0.4, 0.5) is 0 Å². The zero-order valence-electron chi connectivity index (χ0n) is 4.41. The Balaban J connectivity index is 3.14. The van der Waals surface area contributed by atoms with E-state index in [0.29, 0.717) is 0 Å². The van der Waals surface area contributed by atoms with E-state index in [-0.39, 0.29) is 0 Å². The normalized spacial score (nSPS) is 7.17. The summed E-state index contributed by atoms with van der Waals surface area (Å²) in [6.45, 7) is 3.77. The van der Waals surface area contributed by atoms with Crippen LogP contribution in [0.15, 0.2) is 0 Å². The van der Waals surface area contributed by atoms with Crippen molar-refractivity contribution in [1.29, 1.82) is 0 Å². The van der Waals surface area contributed by atoms with Crippen molar-refractivity contribution in [2.75, 3.05) is 7.05 Å². The molecule has 0 bridgehead atoms. The summed E-state index contributed by atoms with van der Waals surface area (Å²) in [5.74, 6) is 0.928. The zero-order chi connectivity index (χ0) is 4.99. The lowest BCUT2D eigenvalue weighted by atomic mass is 10.5. The number of carbonyl (C=O) groups excluding carboxylic acids is 1. The van der Waals surface area contributed by atoms with Crippen LogP contribution in [0.1, 0.15) is 13.8 Å². The molecule has 0 aromatic heterocycles. The Labute approximate surface area is 37.8 Å². The molecule has 0 fully saturated rings. The molecular formula is C4H10NO+. The second-order valence-corrected chi connectivity index (χ2v) is 1.21. The lowest BCUT2D eigenvalue weighted by Gasteiger charge is -1.67. The Morgan fingerprint density at radius 1 is 1.50 bits per heavy atom. The molecule has 0 rings (SSSR count). The molecule has 0 aliphatic rings. The lowest BCUT2D eigenvalue weighted by Crippen LogP contribution is -2.03. The fourth-order valence-electron chi connectivity index (χ4n) is 0.204. The Morgan fingerprint density at radius 2 is 2.00 bits per heavy atom. The summed E-state index contributed by atoms with van der Waals surface area (Å²) in [5, 5.41) is 0. The third-order valence-corrected chi connectivity index (χ3v) is 0.306. The molecule has 0 radical (unpaired) electrons. The first-order chi connectivity index (χ1) is 2.77. The summed E-state index contributed by atoms with van der Waals surface area (Å²) in [4.78, 5) is 0. The van der Waals surface area contributed by atoms with E-state index in [9.17, 15) is 0 Å². The minimum Gasteiger partial charge on any atom is -0.114 e. The van der Waals surface area contributed by atoms with Crippen LogP contribution in [-0.2, 0) is 4.53 Å². The maximum Gasteiger partial charge on any atom is 0.342 e. The monoisotopic (exact) mass is 88.1 g/mol. The maximum absolute atomic E-state index is 4.71. The molecule has 0 spiro atoms. The van der Waals surface area contributed by atoms with E-state index in [1.807, 2.05) is 13.8 Å². The van der Waals surface area contributed by atoms with Gasteiger partial charge in [-0.15, -0.1) is 4.53 Å². The van der Waals surface area contributed by atoms with Gasteiger partial charge >= 0.3 is 5.78 Å². The van der Waals surface area contributed by atoms with Crippen molar-refractivity contribution in [3.63, 3.8) is 0 Å². The van der Waals surface area contributed by atoms with Crippen molar-refractivity contribution in [3.8, 4) is 0 Å². The van der Waals surface area contributed by atoms with Crippen LogP contribution in [0, 0.1) is 0 Å². The number of rotatable bonds is 1. The van der Waals surface area contributed by atoms with E-state index >= 15 is 0 Å². The summed E-state index contributed by atoms with van der Waals surface area (Å²) < 4.78 is 4.71. The van der Waals surface area contributed by atoms with E-state index in [4.69, 9.17) is 4.53 Å². The molecule has 1 N–H and O–H groups in total. The van der Waals surface area contributed by atoms with E-state index < -0.39 is 0 Å². The van der Waals surface area contributed by atoms with Gasteiger partial charge in [-0.3, -0.25) is 0 Å². The first kappa shape index (κ1) is 5.47. The second kappa shape index (κ2) is 2.69. The second-order valence-electron chi connectivity index (χ2n) is 1.21. The molecule has 0 heterocycles. The van der Waals surface area contributed by atoms with Crippen molar-refractivity contribution in [2.24, 2.45) is 0 Å². The Morgan fingerprint density at radius 3 is 2.00 bits per heavy atom. The smallest absolute Gasteiger partial charge is 0.114 e. The van der Waals surface area contributed by atoms with Crippen LogP contribution in [0.2, 0.25) is 0 Å². The third kappa shape index (κ3) is 3.47. The molecule has 0 amide bonds. The molecule has 0 saturated heterocycles. The van der Waals surface area contributed by atoms with Gasteiger partial charge in [0.2, 0.25) is 0 Å². The number of nitrogens with one attached hydrogen (secondary N) is 1. The molecule has 0 atom stereocenters. The summed E-state index contributed by atoms with van der Waals surface area (Å²) in [5.41, 5.74) is 2.53. The minimum absolute atomic E-state index is 0.928. The highest BCUT2D eigenvalue weighted by Crippen LogP contribution is 1.57. The topological polar surface area (TPSA) is 23.3 Å². The standard InChI is InChI=1S/C4H10NO/c1-4(2)6-5-3/h5H,1-3H3/q+1. The molecule has 36 valence electrons. The molecule has 0 aromatic carbocycles. The average Bonchev–Trinajstić information content (AvgIpc) is 1.35. The molecule has 0 aliphatic carbocycles. The lowest BCUT2D eigenvalue weighted by molar-refractivity contribution is -0.521. The van der Waals surface area contributed by atoms with E-state index in [1.54, 1.807) is 7.05 Å². The van der Waals surface area contributed by atoms with Crippen LogP contribution in [0.3, 0.4) is 0 Å². The first-order valence-electron chi connectivity index (χ1n) is 1.91. The highest BCUT2D eigenvalue weighted by atomic mass is 16.6. The highest BCUT2D eigenvalue weighted by Gasteiger charge is 1.86. The number of hydrogen-bond acceptors (Lipinski definition) is 1. The van der Waals surface area contributed by atoms with Crippen molar-refractivity contribution in [3.05, 3.63) is 0 Å². The molecule has 0 aliphatic heterocycles. The van der Waals surface area contributed by atoms with Crippen molar-refractivity contribution < 1.29 is 4.53 Å². The zero-order valence-corrected chi connectivity index (χ0v) is 4.41. The predicted molar refractivity (Wildman–Crippen MR) is 25.4 cm³/mol. The van der Waals surface area contributed by atoms with Gasteiger partial charge < -0.3 is 0 Å². The largest absolute Gasteiger partial charge is 0.342 e. The predicted octanol–water partition coefficient (Wildman–Crippen LogP) is 0.265. The fourth-order valence-corrected chi connectivity index (χ4v) is 0.204. The van der Waals surface area contributed by atoms with Gasteiger partial charge in [0, 0.05) is 0 Å². The van der Waals surface area contributed by atoms with E-state index in [0.717, 1.165) is 5.78 Å². The molecule has 6 heavy (non-hydrogen) atoms. The van der Waals surface area contributed by atoms with Crippen molar-refractivity contribution >= 4 is 5.78 Å². The maximum atomic E-state index is 4.71.